The lowest BCUT2D eigenvalue weighted by Gasteiger charge is -2.20. The molecule has 1 unspecified atom stereocenters. The van der Waals surface area contributed by atoms with E-state index in [-0.39, 0.29) is 25.7 Å². The largest absolute Gasteiger partial charge is 0.393 e. The summed E-state index contributed by atoms with van der Waals surface area (Å²) in [6.45, 7) is 3.13. The molecule has 0 aliphatic rings. The number of aliphatic hydroxyl groups excluding tert-OH is 5. The topological polar surface area (TPSA) is 101 Å². The minimum absolute atomic E-state index is 0.127. The fraction of sp³-hybridized carbons (Fsp3) is 1.00. The summed E-state index contributed by atoms with van der Waals surface area (Å²) >= 11 is 0. The van der Waals surface area contributed by atoms with Gasteiger partial charge in [0, 0.05) is 0 Å². The van der Waals surface area contributed by atoms with E-state index in [0.29, 0.717) is 0 Å². The van der Waals surface area contributed by atoms with E-state index in [2.05, 4.69) is 0 Å². The van der Waals surface area contributed by atoms with Crippen molar-refractivity contribution in [1.82, 2.24) is 0 Å². The average Bonchev–Trinajstić information content (AvgIpc) is 1.97. The van der Waals surface area contributed by atoms with Crippen molar-refractivity contribution in [1.29, 1.82) is 0 Å². The van der Waals surface area contributed by atoms with Crippen molar-refractivity contribution in [3.8, 4) is 0 Å². The van der Waals surface area contributed by atoms with Crippen LogP contribution >= 0.6 is 0 Å². The lowest BCUT2D eigenvalue weighted by atomic mass is 10.00. The van der Waals surface area contributed by atoms with Gasteiger partial charge in [-0.25, -0.2) is 0 Å². The van der Waals surface area contributed by atoms with Crippen molar-refractivity contribution < 1.29 is 25.5 Å². The van der Waals surface area contributed by atoms with Crippen molar-refractivity contribution in [3.63, 3.8) is 0 Å². The average molecular weight is 236 g/mol. The monoisotopic (exact) mass is 236 g/mol. The lowest BCUT2D eigenvalue weighted by Crippen LogP contribution is -2.26. The minimum Gasteiger partial charge on any atom is -0.393 e. The van der Waals surface area contributed by atoms with Crippen LogP contribution in [0.2, 0.25) is 0 Å². The van der Waals surface area contributed by atoms with Gasteiger partial charge >= 0.3 is 0 Å². The van der Waals surface area contributed by atoms with Crippen LogP contribution in [0.1, 0.15) is 39.5 Å². The van der Waals surface area contributed by atoms with Crippen LogP contribution in [0, 0.1) is 0 Å². The second-order valence-electron chi connectivity index (χ2n) is 4.60. The zero-order valence-electron chi connectivity index (χ0n) is 9.95. The van der Waals surface area contributed by atoms with Crippen molar-refractivity contribution >= 4 is 0 Å². The summed E-state index contributed by atoms with van der Waals surface area (Å²) in [6, 6.07) is 0. The van der Waals surface area contributed by atoms with Crippen LogP contribution in [0.4, 0.5) is 0 Å². The molecule has 0 heterocycles. The third-order valence-electron chi connectivity index (χ3n) is 2.31. The number of hydrogen-bond donors (Lipinski definition) is 5. The summed E-state index contributed by atoms with van der Waals surface area (Å²) in [5, 5.41) is 46.4. The zero-order valence-corrected chi connectivity index (χ0v) is 9.95. The van der Waals surface area contributed by atoms with E-state index in [4.69, 9.17) is 10.2 Å². The van der Waals surface area contributed by atoms with Crippen LogP contribution in [0.5, 0.6) is 0 Å². The van der Waals surface area contributed by atoms with Gasteiger partial charge in [-0.05, 0) is 39.5 Å². The van der Waals surface area contributed by atoms with Gasteiger partial charge in [0.1, 0.15) is 0 Å². The van der Waals surface area contributed by atoms with E-state index in [0.717, 1.165) is 0 Å². The summed E-state index contributed by atoms with van der Waals surface area (Å²) in [6.07, 6.45) is -2.89. The summed E-state index contributed by atoms with van der Waals surface area (Å²) in [5.41, 5.74) is 0. The van der Waals surface area contributed by atoms with Gasteiger partial charge in [-0.3, -0.25) is 0 Å². The SMILES string of the molecule is C[C@@H](O)C[C@H](O)CC(O)C[C@H](O)C[C@@H](C)O. The Hall–Kier alpha value is -0.200. The first-order valence-corrected chi connectivity index (χ1v) is 5.71. The Morgan fingerprint density at radius 2 is 0.812 bits per heavy atom. The molecule has 5 heteroatoms. The molecule has 5 N–H and O–H groups in total. The Balaban J connectivity index is 3.75. The quantitative estimate of drug-likeness (QED) is 0.387. The molecule has 0 rings (SSSR count). The molecular formula is C11H24O5. The summed E-state index contributed by atoms with van der Waals surface area (Å²) in [5.74, 6) is 0. The molecule has 0 aromatic heterocycles. The van der Waals surface area contributed by atoms with Gasteiger partial charge < -0.3 is 25.5 Å². The summed E-state index contributed by atoms with van der Waals surface area (Å²) in [4.78, 5) is 0. The predicted octanol–water partition coefficient (Wildman–Crippen LogP) is -0.609. The van der Waals surface area contributed by atoms with E-state index < -0.39 is 30.5 Å². The van der Waals surface area contributed by atoms with Crippen molar-refractivity contribution in [3.05, 3.63) is 0 Å². The smallest absolute Gasteiger partial charge is 0.0589 e. The zero-order chi connectivity index (χ0) is 12.7. The van der Waals surface area contributed by atoms with Crippen LogP contribution < -0.4 is 0 Å². The standard InChI is InChI=1S/C11H24O5/c1-7(12)3-9(14)5-11(16)6-10(15)4-8(2)13/h7-16H,3-6H2,1-2H3/t7-,8-,9-,10+,11?/m1/s1. The molecule has 0 aliphatic carbocycles. The van der Waals surface area contributed by atoms with E-state index in [1.54, 1.807) is 13.8 Å². The molecule has 0 spiro atoms. The van der Waals surface area contributed by atoms with E-state index >= 15 is 0 Å². The van der Waals surface area contributed by atoms with E-state index in [9.17, 15) is 15.3 Å². The van der Waals surface area contributed by atoms with Crippen LogP contribution in [0.15, 0.2) is 0 Å². The van der Waals surface area contributed by atoms with Gasteiger partial charge in [-0.15, -0.1) is 0 Å². The molecule has 5 nitrogen and oxygen atoms in total. The van der Waals surface area contributed by atoms with Crippen LogP contribution in [-0.2, 0) is 0 Å². The normalized spacial score (nSPS) is 21.2. The molecule has 0 bridgehead atoms. The first-order valence-electron chi connectivity index (χ1n) is 5.71. The van der Waals surface area contributed by atoms with Gasteiger partial charge in [0.2, 0.25) is 0 Å². The van der Waals surface area contributed by atoms with E-state index in [1.807, 2.05) is 0 Å². The third-order valence-corrected chi connectivity index (χ3v) is 2.31. The summed E-state index contributed by atoms with van der Waals surface area (Å²) < 4.78 is 0. The highest BCUT2D eigenvalue weighted by Crippen LogP contribution is 2.12. The minimum atomic E-state index is -0.817. The second kappa shape index (κ2) is 7.97. The third kappa shape index (κ3) is 9.06. The molecule has 0 fully saturated rings. The molecule has 16 heavy (non-hydrogen) atoms. The Morgan fingerprint density at radius 1 is 0.562 bits per heavy atom. The molecule has 0 aromatic carbocycles. The lowest BCUT2D eigenvalue weighted by molar-refractivity contribution is 0.0108. The first-order chi connectivity index (χ1) is 7.31. The van der Waals surface area contributed by atoms with Crippen molar-refractivity contribution in [2.24, 2.45) is 0 Å². The van der Waals surface area contributed by atoms with Gasteiger partial charge in [0.15, 0.2) is 0 Å². The molecule has 5 atom stereocenters. The Bertz CT molecular complexity index is 154. The van der Waals surface area contributed by atoms with Gasteiger partial charge in [-0.2, -0.15) is 0 Å². The Labute approximate surface area is 96.4 Å². The van der Waals surface area contributed by atoms with E-state index in [1.165, 1.54) is 0 Å². The van der Waals surface area contributed by atoms with Crippen molar-refractivity contribution in [2.75, 3.05) is 0 Å². The molecule has 0 amide bonds. The van der Waals surface area contributed by atoms with Crippen molar-refractivity contribution in [2.45, 2.75) is 70.1 Å². The first kappa shape index (κ1) is 15.8. The highest BCUT2D eigenvalue weighted by Gasteiger charge is 2.18. The van der Waals surface area contributed by atoms with Gasteiger partial charge in [0.25, 0.3) is 0 Å². The molecule has 0 saturated heterocycles. The predicted molar refractivity (Wildman–Crippen MR) is 59.9 cm³/mol. The highest BCUT2D eigenvalue weighted by atomic mass is 16.3. The number of rotatable bonds is 8. The Kier molecular flexibility index (Phi) is 7.87. The fourth-order valence-corrected chi connectivity index (χ4v) is 1.70. The van der Waals surface area contributed by atoms with Crippen LogP contribution in [0.25, 0.3) is 0 Å². The maximum absolute atomic E-state index is 9.53. The summed E-state index contributed by atoms with van der Waals surface area (Å²) in [7, 11) is 0. The van der Waals surface area contributed by atoms with Gasteiger partial charge in [-0.1, -0.05) is 0 Å². The molecule has 0 radical (unpaired) electrons. The fourth-order valence-electron chi connectivity index (χ4n) is 1.70. The number of hydrogen-bond acceptors (Lipinski definition) is 5. The molecule has 98 valence electrons. The van der Waals surface area contributed by atoms with Crippen LogP contribution in [0.3, 0.4) is 0 Å². The molecule has 0 aliphatic heterocycles. The maximum atomic E-state index is 9.53. The molecule has 0 aromatic rings. The molecular weight excluding hydrogens is 212 g/mol. The number of aliphatic hydroxyl groups is 5. The van der Waals surface area contributed by atoms with Crippen LogP contribution in [-0.4, -0.2) is 56.1 Å². The Morgan fingerprint density at radius 3 is 1.06 bits per heavy atom. The molecule has 0 saturated carbocycles. The highest BCUT2D eigenvalue weighted by molar-refractivity contribution is 4.70. The van der Waals surface area contributed by atoms with Gasteiger partial charge in [0.05, 0.1) is 30.5 Å². The maximum Gasteiger partial charge on any atom is 0.0589 e. The second-order valence-corrected chi connectivity index (χ2v) is 4.60.